The Morgan fingerprint density at radius 2 is 1.78 bits per heavy atom. The molecule has 3 heterocycles. The summed E-state index contributed by atoms with van der Waals surface area (Å²) < 4.78 is 22.2. The van der Waals surface area contributed by atoms with Gasteiger partial charge in [-0.15, -0.1) is 11.3 Å². The van der Waals surface area contributed by atoms with Gasteiger partial charge in [0.25, 0.3) is 0 Å². The van der Waals surface area contributed by atoms with E-state index in [1.807, 2.05) is 50.7 Å². The summed E-state index contributed by atoms with van der Waals surface area (Å²) in [6.45, 7) is 9.18. The molecule has 13 heteroatoms. The fourth-order valence-corrected chi connectivity index (χ4v) is 6.07. The van der Waals surface area contributed by atoms with E-state index >= 15 is 0 Å². The molecule has 45 heavy (non-hydrogen) atoms. The van der Waals surface area contributed by atoms with E-state index in [1.165, 1.54) is 4.90 Å². The molecular weight excluding hydrogens is 598 g/mol. The molecule has 2 amide bonds. The predicted octanol–water partition coefficient (Wildman–Crippen LogP) is 3.00. The summed E-state index contributed by atoms with van der Waals surface area (Å²) in [5, 5.41) is 20.6. The largest absolute Gasteiger partial charge is 0.391 e. The second-order valence-electron chi connectivity index (χ2n) is 11.2. The minimum atomic E-state index is -0.815. The summed E-state index contributed by atoms with van der Waals surface area (Å²) in [6, 6.07) is 8.62. The van der Waals surface area contributed by atoms with E-state index in [4.69, 9.17) is 18.7 Å². The van der Waals surface area contributed by atoms with Crippen LogP contribution in [0.3, 0.4) is 0 Å². The van der Waals surface area contributed by atoms with Gasteiger partial charge < -0.3 is 39.4 Å². The third-order valence-electron chi connectivity index (χ3n) is 7.72. The van der Waals surface area contributed by atoms with Crippen LogP contribution in [-0.4, -0.2) is 104 Å². The molecule has 1 aromatic carbocycles. The maximum absolute atomic E-state index is 13.9. The van der Waals surface area contributed by atoms with Crippen molar-refractivity contribution in [1.82, 2.24) is 25.7 Å². The maximum atomic E-state index is 13.9. The van der Waals surface area contributed by atoms with E-state index in [0.717, 1.165) is 28.2 Å². The monoisotopic (exact) mass is 643 g/mol. The third kappa shape index (κ3) is 9.89. The number of carbonyl (C=O) groups excluding carboxylic acids is 2. The molecule has 1 aliphatic heterocycles. The first-order valence-electron chi connectivity index (χ1n) is 15.4. The molecule has 2 aromatic heterocycles. The number of thiazole rings is 1. The molecule has 2 unspecified atom stereocenters. The number of benzene rings is 1. The van der Waals surface area contributed by atoms with Crippen molar-refractivity contribution in [3.63, 3.8) is 0 Å². The van der Waals surface area contributed by atoms with E-state index in [2.05, 4.69) is 20.8 Å². The molecule has 4 rings (SSSR count). The van der Waals surface area contributed by atoms with Crippen LogP contribution in [0.2, 0.25) is 0 Å². The van der Waals surface area contributed by atoms with Crippen LogP contribution in [0.25, 0.3) is 10.4 Å². The smallest absolute Gasteiger partial charge is 0.243 e. The number of hydrogen-bond acceptors (Lipinski definition) is 11. The number of likely N-dealkylation sites (N-methyl/N-ethyl adjacent to an activating group) is 1. The Kier molecular flexibility index (Phi) is 13.5. The van der Waals surface area contributed by atoms with Gasteiger partial charge in [-0.2, -0.15) is 0 Å². The summed E-state index contributed by atoms with van der Waals surface area (Å²) in [7, 11) is 1.87. The number of aliphatic hydroxyl groups is 1. The number of rotatable bonds is 18. The molecule has 12 nitrogen and oxygen atoms in total. The van der Waals surface area contributed by atoms with Crippen molar-refractivity contribution in [1.29, 1.82) is 0 Å². The van der Waals surface area contributed by atoms with Crippen LogP contribution >= 0.6 is 11.3 Å². The average Bonchev–Trinajstić information content (AvgIpc) is 3.77. The van der Waals surface area contributed by atoms with Crippen molar-refractivity contribution in [3.05, 3.63) is 58.6 Å². The average molecular weight is 644 g/mol. The summed E-state index contributed by atoms with van der Waals surface area (Å²) in [5.41, 5.74) is 5.46. The molecule has 0 aliphatic carbocycles. The highest BCUT2D eigenvalue weighted by Crippen LogP contribution is 2.30. The standard InChI is InChI=1S/C32H45N5O7S/c1-21-17-29(44-36-21)27(9-11-41-13-15-43-16-14-42-12-10-33-4)32(40)37-19-26(38)18-28(37)31(39)35-22(2)24-5-7-25(8-6-24)30-23(3)34-20-45-30/h5-8,17,20,22,26-28,33,38H,9-16,18-19H2,1-4H3,(H,35,39)/t22?,26-,27?,28+/m1/s1. The predicted molar refractivity (Wildman–Crippen MR) is 170 cm³/mol. The van der Waals surface area contributed by atoms with Crippen LogP contribution < -0.4 is 10.6 Å². The van der Waals surface area contributed by atoms with Gasteiger partial charge in [-0.25, -0.2) is 4.98 Å². The quantitative estimate of drug-likeness (QED) is 0.177. The summed E-state index contributed by atoms with van der Waals surface area (Å²) in [6.07, 6.45) is -0.332. The SMILES string of the molecule is CNCCOCCOCCOCCC(C(=O)N1C[C@H](O)C[C@H]1C(=O)NC(C)c1ccc(-c2scnc2C)cc1)c1cc(C)no1. The summed E-state index contributed by atoms with van der Waals surface area (Å²) in [5.74, 6) is -0.932. The molecule has 1 saturated heterocycles. The van der Waals surface area contributed by atoms with Crippen molar-refractivity contribution in [2.75, 3.05) is 59.8 Å². The van der Waals surface area contributed by atoms with Crippen molar-refractivity contribution < 1.29 is 33.4 Å². The van der Waals surface area contributed by atoms with Gasteiger partial charge in [0, 0.05) is 32.2 Å². The number of ether oxygens (including phenoxy) is 3. The van der Waals surface area contributed by atoms with Gasteiger partial charge in [0.1, 0.15) is 17.7 Å². The van der Waals surface area contributed by atoms with E-state index < -0.39 is 18.1 Å². The Labute approximate surface area is 268 Å². The number of aryl methyl sites for hydroxylation is 2. The number of aromatic nitrogens is 2. The van der Waals surface area contributed by atoms with Crippen LogP contribution in [0.4, 0.5) is 0 Å². The number of carbonyl (C=O) groups is 2. The number of β-amino-alcohol motifs (C(OH)–C–C–N with tert-alkyl or cyclic N) is 1. The Bertz CT molecular complexity index is 1350. The van der Waals surface area contributed by atoms with E-state index in [1.54, 1.807) is 24.3 Å². The van der Waals surface area contributed by atoms with Crippen LogP contribution in [0.15, 0.2) is 40.4 Å². The molecule has 3 N–H and O–H groups in total. The second-order valence-corrected chi connectivity index (χ2v) is 12.0. The lowest BCUT2D eigenvalue weighted by Gasteiger charge is -2.28. The number of likely N-dealkylation sites (tertiary alicyclic amines) is 1. The van der Waals surface area contributed by atoms with Crippen molar-refractivity contribution in [2.24, 2.45) is 0 Å². The lowest BCUT2D eigenvalue weighted by Crippen LogP contribution is -2.48. The van der Waals surface area contributed by atoms with Gasteiger partial charge in [-0.1, -0.05) is 29.4 Å². The minimum Gasteiger partial charge on any atom is -0.391 e. The Hall–Kier alpha value is -3.20. The second kappa shape index (κ2) is 17.5. The zero-order valence-corrected chi connectivity index (χ0v) is 27.3. The van der Waals surface area contributed by atoms with Crippen molar-refractivity contribution in [2.45, 2.75) is 57.7 Å². The van der Waals surface area contributed by atoms with Crippen LogP contribution in [0, 0.1) is 13.8 Å². The third-order valence-corrected chi connectivity index (χ3v) is 8.70. The highest BCUT2D eigenvalue weighted by Gasteiger charge is 2.42. The fraction of sp³-hybridized carbons (Fsp3) is 0.562. The normalized spacial score (nSPS) is 17.8. The van der Waals surface area contributed by atoms with E-state index in [0.29, 0.717) is 50.9 Å². The van der Waals surface area contributed by atoms with Crippen LogP contribution in [0.1, 0.15) is 54.4 Å². The van der Waals surface area contributed by atoms with Gasteiger partial charge in [0.05, 0.1) is 67.0 Å². The molecule has 0 saturated carbocycles. The lowest BCUT2D eigenvalue weighted by atomic mass is 9.99. The van der Waals surface area contributed by atoms with E-state index in [9.17, 15) is 14.7 Å². The zero-order chi connectivity index (χ0) is 32.2. The fourth-order valence-electron chi connectivity index (χ4n) is 5.25. The number of aliphatic hydroxyl groups excluding tert-OH is 1. The Morgan fingerprint density at radius 3 is 2.40 bits per heavy atom. The first-order chi connectivity index (χ1) is 21.8. The lowest BCUT2D eigenvalue weighted by molar-refractivity contribution is -0.140. The highest BCUT2D eigenvalue weighted by molar-refractivity contribution is 7.13. The molecule has 4 atom stereocenters. The van der Waals surface area contributed by atoms with Gasteiger partial charge in [-0.3, -0.25) is 9.59 Å². The van der Waals surface area contributed by atoms with Crippen LogP contribution in [0.5, 0.6) is 0 Å². The summed E-state index contributed by atoms with van der Waals surface area (Å²) in [4.78, 5) is 34.3. The minimum absolute atomic E-state index is 0.0584. The van der Waals surface area contributed by atoms with Gasteiger partial charge in [0.2, 0.25) is 11.8 Å². The summed E-state index contributed by atoms with van der Waals surface area (Å²) >= 11 is 1.59. The number of amides is 2. The van der Waals surface area contributed by atoms with Crippen LogP contribution in [-0.2, 0) is 23.8 Å². The molecule has 0 spiro atoms. The van der Waals surface area contributed by atoms with Crippen molar-refractivity contribution in [3.8, 4) is 10.4 Å². The van der Waals surface area contributed by atoms with Crippen molar-refractivity contribution >= 4 is 23.2 Å². The first kappa shape index (κ1) is 34.7. The molecule has 246 valence electrons. The van der Waals surface area contributed by atoms with Gasteiger partial charge in [-0.05, 0) is 45.4 Å². The maximum Gasteiger partial charge on any atom is 0.243 e. The number of nitrogens with one attached hydrogen (secondary N) is 2. The Morgan fingerprint density at radius 1 is 1.09 bits per heavy atom. The molecule has 1 aliphatic rings. The van der Waals surface area contributed by atoms with E-state index in [-0.39, 0.29) is 37.4 Å². The highest BCUT2D eigenvalue weighted by atomic mass is 32.1. The van der Waals surface area contributed by atoms with Gasteiger partial charge >= 0.3 is 0 Å². The molecule has 0 radical (unpaired) electrons. The topological polar surface area (TPSA) is 148 Å². The Balaban J connectivity index is 1.32. The molecule has 3 aromatic rings. The zero-order valence-electron chi connectivity index (χ0n) is 26.5. The van der Waals surface area contributed by atoms with Gasteiger partial charge in [0.15, 0.2) is 0 Å². The molecule has 1 fully saturated rings. The molecular formula is C32H45N5O7S. The molecule has 0 bridgehead atoms. The number of hydrogen-bond donors (Lipinski definition) is 3. The number of nitrogens with zero attached hydrogens (tertiary/aromatic N) is 3. The first-order valence-corrected chi connectivity index (χ1v) is 16.3.